The topological polar surface area (TPSA) is 61.4 Å². The Balaban J connectivity index is 1.88. The zero-order valence-corrected chi connectivity index (χ0v) is 13.0. The van der Waals surface area contributed by atoms with E-state index in [-0.39, 0.29) is 16.8 Å². The molecular weight excluding hydrogens is 320 g/mol. The summed E-state index contributed by atoms with van der Waals surface area (Å²) in [6.45, 7) is 0. The molecule has 0 aromatic heterocycles. The number of carbonyl (C=O) groups is 1. The molecule has 0 aliphatic carbocycles. The van der Waals surface area contributed by atoms with Crippen molar-refractivity contribution in [2.24, 2.45) is 0 Å². The highest BCUT2D eigenvalue weighted by Gasteiger charge is 2.02. The van der Waals surface area contributed by atoms with Crippen molar-refractivity contribution in [3.63, 3.8) is 0 Å². The number of rotatable bonds is 3. The Bertz CT molecular complexity index is 714. The van der Waals surface area contributed by atoms with Crippen molar-refractivity contribution in [1.29, 1.82) is 0 Å². The van der Waals surface area contributed by atoms with E-state index in [9.17, 15) is 9.90 Å². The number of aromatic hydroxyl groups is 1. The van der Waals surface area contributed by atoms with E-state index in [2.05, 4.69) is 10.6 Å². The first-order chi connectivity index (χ1) is 10.5. The van der Waals surface area contributed by atoms with Gasteiger partial charge in [0.2, 0.25) is 5.91 Å². The van der Waals surface area contributed by atoms with Gasteiger partial charge >= 0.3 is 0 Å². The van der Waals surface area contributed by atoms with Crippen LogP contribution >= 0.6 is 23.8 Å². The average molecular weight is 333 g/mol. The summed E-state index contributed by atoms with van der Waals surface area (Å²) in [6.07, 6.45) is 3.03. The summed E-state index contributed by atoms with van der Waals surface area (Å²) < 4.78 is 0. The van der Waals surface area contributed by atoms with E-state index in [1.807, 2.05) is 0 Å². The average Bonchev–Trinajstić information content (AvgIpc) is 2.46. The van der Waals surface area contributed by atoms with Gasteiger partial charge < -0.3 is 10.4 Å². The minimum Gasteiger partial charge on any atom is -0.508 e. The van der Waals surface area contributed by atoms with Crippen molar-refractivity contribution < 1.29 is 9.90 Å². The highest BCUT2D eigenvalue weighted by atomic mass is 35.5. The summed E-state index contributed by atoms with van der Waals surface area (Å²) in [6, 6.07) is 13.5. The number of carbonyl (C=O) groups excluding carboxylic acids is 1. The van der Waals surface area contributed by atoms with Crippen LogP contribution in [0.2, 0.25) is 5.02 Å². The third kappa shape index (κ3) is 5.20. The minimum atomic E-state index is -0.354. The Labute approximate surface area is 138 Å². The highest BCUT2D eigenvalue weighted by Crippen LogP contribution is 2.15. The second-order valence-electron chi connectivity index (χ2n) is 4.38. The SMILES string of the molecule is O=C(/C=C/c1ccc(Cl)cc1)NC(=S)Nc1cccc(O)c1. The number of phenols is 1. The monoisotopic (exact) mass is 332 g/mol. The number of benzene rings is 2. The lowest BCUT2D eigenvalue weighted by atomic mass is 10.2. The maximum atomic E-state index is 11.8. The molecule has 0 fully saturated rings. The van der Waals surface area contributed by atoms with Gasteiger partial charge in [-0.3, -0.25) is 10.1 Å². The fourth-order valence-electron chi connectivity index (χ4n) is 1.65. The fourth-order valence-corrected chi connectivity index (χ4v) is 1.99. The summed E-state index contributed by atoms with van der Waals surface area (Å²) in [4.78, 5) is 11.8. The van der Waals surface area contributed by atoms with Gasteiger partial charge in [-0.05, 0) is 48.1 Å². The van der Waals surface area contributed by atoms with Gasteiger partial charge in [0.1, 0.15) is 5.75 Å². The van der Waals surface area contributed by atoms with Crippen LogP contribution in [-0.4, -0.2) is 16.1 Å². The second-order valence-corrected chi connectivity index (χ2v) is 5.22. The minimum absolute atomic E-state index is 0.113. The molecule has 0 heterocycles. The van der Waals surface area contributed by atoms with Gasteiger partial charge in [-0.15, -0.1) is 0 Å². The number of phenolic OH excluding ortho intramolecular Hbond substituents is 1. The molecule has 0 bridgehead atoms. The standard InChI is InChI=1S/C16H13ClN2O2S/c17-12-7-4-11(5-8-12)6-9-15(21)19-16(22)18-13-2-1-3-14(20)10-13/h1-10,20H,(H2,18,19,21,22)/b9-6+. The van der Waals surface area contributed by atoms with Gasteiger partial charge in [-0.1, -0.05) is 29.8 Å². The number of anilines is 1. The van der Waals surface area contributed by atoms with Crippen molar-refractivity contribution in [3.05, 3.63) is 65.2 Å². The zero-order valence-electron chi connectivity index (χ0n) is 11.4. The number of hydrogen-bond acceptors (Lipinski definition) is 3. The smallest absolute Gasteiger partial charge is 0.250 e. The number of thiocarbonyl (C=S) groups is 1. The van der Waals surface area contributed by atoms with Crippen LogP contribution in [-0.2, 0) is 4.79 Å². The van der Waals surface area contributed by atoms with Crippen LogP contribution in [0.25, 0.3) is 6.08 Å². The number of nitrogens with one attached hydrogen (secondary N) is 2. The summed E-state index contributed by atoms with van der Waals surface area (Å²) in [5.74, 6) is -0.241. The van der Waals surface area contributed by atoms with Gasteiger partial charge in [-0.2, -0.15) is 0 Å². The van der Waals surface area contributed by atoms with Crippen LogP contribution in [0.4, 0.5) is 5.69 Å². The van der Waals surface area contributed by atoms with Crippen LogP contribution in [0.5, 0.6) is 5.75 Å². The number of hydrogen-bond donors (Lipinski definition) is 3. The molecule has 0 saturated heterocycles. The second kappa shape index (κ2) is 7.59. The van der Waals surface area contributed by atoms with E-state index in [0.717, 1.165) is 5.56 Å². The third-order valence-electron chi connectivity index (χ3n) is 2.64. The van der Waals surface area contributed by atoms with E-state index in [4.69, 9.17) is 23.8 Å². The predicted molar refractivity (Wildman–Crippen MR) is 93.0 cm³/mol. The zero-order chi connectivity index (χ0) is 15.9. The van der Waals surface area contributed by atoms with Gasteiger partial charge in [-0.25, -0.2) is 0 Å². The van der Waals surface area contributed by atoms with Crippen molar-refractivity contribution in [2.75, 3.05) is 5.32 Å². The summed E-state index contributed by atoms with van der Waals surface area (Å²) in [5.41, 5.74) is 1.44. The Hall–Kier alpha value is -2.37. The molecular formula is C16H13ClN2O2S. The molecule has 3 N–H and O–H groups in total. The molecule has 0 aliphatic rings. The lowest BCUT2D eigenvalue weighted by Gasteiger charge is -2.08. The van der Waals surface area contributed by atoms with Crippen LogP contribution < -0.4 is 10.6 Å². The first-order valence-electron chi connectivity index (χ1n) is 6.37. The lowest BCUT2D eigenvalue weighted by molar-refractivity contribution is -0.115. The maximum Gasteiger partial charge on any atom is 0.250 e. The predicted octanol–water partition coefficient (Wildman–Crippen LogP) is 3.57. The van der Waals surface area contributed by atoms with Gasteiger partial charge in [0.25, 0.3) is 0 Å². The van der Waals surface area contributed by atoms with Crippen LogP contribution in [0.1, 0.15) is 5.56 Å². The van der Waals surface area contributed by atoms with E-state index in [1.54, 1.807) is 48.5 Å². The van der Waals surface area contributed by atoms with Crippen molar-refractivity contribution in [3.8, 4) is 5.75 Å². The lowest BCUT2D eigenvalue weighted by Crippen LogP contribution is -2.32. The molecule has 6 heteroatoms. The van der Waals surface area contributed by atoms with E-state index < -0.39 is 0 Å². The molecule has 0 spiro atoms. The Morgan fingerprint density at radius 2 is 1.91 bits per heavy atom. The Morgan fingerprint density at radius 3 is 2.59 bits per heavy atom. The molecule has 112 valence electrons. The van der Waals surface area contributed by atoms with E-state index in [0.29, 0.717) is 10.7 Å². The van der Waals surface area contributed by atoms with E-state index in [1.165, 1.54) is 12.1 Å². The Morgan fingerprint density at radius 1 is 1.18 bits per heavy atom. The van der Waals surface area contributed by atoms with Gasteiger partial charge in [0.15, 0.2) is 5.11 Å². The van der Waals surface area contributed by atoms with Gasteiger partial charge in [0, 0.05) is 22.9 Å². The normalized spacial score (nSPS) is 10.4. The molecule has 0 saturated carbocycles. The Kier molecular flexibility index (Phi) is 5.52. The molecule has 0 radical (unpaired) electrons. The van der Waals surface area contributed by atoms with Gasteiger partial charge in [0.05, 0.1) is 0 Å². The van der Waals surface area contributed by atoms with Crippen LogP contribution in [0, 0.1) is 0 Å². The van der Waals surface area contributed by atoms with Crippen molar-refractivity contribution >= 4 is 46.6 Å². The first-order valence-corrected chi connectivity index (χ1v) is 7.16. The maximum absolute atomic E-state index is 11.8. The van der Waals surface area contributed by atoms with E-state index >= 15 is 0 Å². The van der Waals surface area contributed by atoms with Crippen molar-refractivity contribution in [1.82, 2.24) is 5.32 Å². The summed E-state index contributed by atoms with van der Waals surface area (Å²) in [7, 11) is 0. The molecule has 2 aromatic carbocycles. The molecule has 2 rings (SSSR count). The fraction of sp³-hybridized carbons (Fsp3) is 0. The summed E-state index contributed by atoms with van der Waals surface area (Å²) in [5, 5.41) is 15.5. The van der Waals surface area contributed by atoms with Crippen molar-refractivity contribution in [2.45, 2.75) is 0 Å². The molecule has 1 amide bonds. The molecule has 4 nitrogen and oxygen atoms in total. The molecule has 0 unspecified atom stereocenters. The molecule has 2 aromatic rings. The molecule has 22 heavy (non-hydrogen) atoms. The first kappa shape index (κ1) is 16.0. The third-order valence-corrected chi connectivity index (χ3v) is 3.09. The quantitative estimate of drug-likeness (QED) is 0.594. The number of halogens is 1. The molecule has 0 aliphatic heterocycles. The van der Waals surface area contributed by atoms with Crippen LogP contribution in [0.3, 0.4) is 0 Å². The number of amides is 1. The highest BCUT2D eigenvalue weighted by molar-refractivity contribution is 7.80. The van der Waals surface area contributed by atoms with Crippen LogP contribution in [0.15, 0.2) is 54.6 Å². The summed E-state index contributed by atoms with van der Waals surface area (Å²) >= 11 is 10.8. The largest absolute Gasteiger partial charge is 0.508 e. The molecule has 0 atom stereocenters.